The molecule has 2 rings (SSSR count). The minimum atomic E-state index is -0.581. The van der Waals surface area contributed by atoms with Crippen molar-refractivity contribution >= 4 is 16.8 Å². The van der Waals surface area contributed by atoms with Crippen LogP contribution >= 0.6 is 0 Å². The summed E-state index contributed by atoms with van der Waals surface area (Å²) < 4.78 is 0. The number of hydrogen-bond donors (Lipinski definition) is 2. The van der Waals surface area contributed by atoms with E-state index in [4.69, 9.17) is 0 Å². The summed E-state index contributed by atoms with van der Waals surface area (Å²) in [6, 6.07) is 7.75. The molecule has 0 fully saturated rings. The normalized spacial score (nSPS) is 11.8. The Morgan fingerprint density at radius 2 is 2.00 bits per heavy atom. The van der Waals surface area contributed by atoms with Gasteiger partial charge in [-0.05, 0) is 26.8 Å². The van der Waals surface area contributed by atoms with Gasteiger partial charge in [-0.1, -0.05) is 18.2 Å². The highest BCUT2D eigenvalue weighted by molar-refractivity contribution is 6.08. The number of carbonyl (C=O) groups is 1. The predicted octanol–water partition coefficient (Wildman–Crippen LogP) is 2.32. The quantitative estimate of drug-likeness (QED) is 0.889. The van der Waals surface area contributed by atoms with Gasteiger partial charge in [0.2, 0.25) is 0 Å². The highest BCUT2D eigenvalue weighted by Crippen LogP contribution is 2.25. The first-order valence-corrected chi connectivity index (χ1v) is 6.35. The van der Waals surface area contributed by atoms with Crippen LogP contribution in [-0.4, -0.2) is 40.1 Å². The topological polar surface area (TPSA) is 56.3 Å². The van der Waals surface area contributed by atoms with Crippen LogP contribution in [0.2, 0.25) is 0 Å². The summed E-state index contributed by atoms with van der Waals surface area (Å²) in [4.78, 5) is 17.5. The van der Waals surface area contributed by atoms with E-state index in [1.807, 2.05) is 45.0 Å². The summed E-state index contributed by atoms with van der Waals surface area (Å²) in [5, 5.41) is 10.3. The monoisotopic (exact) mass is 260 g/mol. The lowest BCUT2D eigenvalue weighted by Gasteiger charge is -2.34. The molecule has 1 aromatic heterocycles. The lowest BCUT2D eigenvalue weighted by Crippen LogP contribution is -2.47. The first-order chi connectivity index (χ1) is 8.88. The molecular formula is C15H20N2O2. The Balaban J connectivity index is 2.50. The first kappa shape index (κ1) is 13.6. The Hall–Kier alpha value is -1.81. The fourth-order valence-corrected chi connectivity index (χ4v) is 2.10. The molecule has 102 valence electrons. The predicted molar refractivity (Wildman–Crippen MR) is 76.3 cm³/mol. The van der Waals surface area contributed by atoms with Gasteiger partial charge in [0.1, 0.15) is 0 Å². The SMILES string of the molecule is Cc1[nH]c2ccccc2c1C(=O)N(C)C(C)(C)CO. The number of para-hydroxylation sites is 1. The molecule has 0 bridgehead atoms. The Bertz CT molecular complexity index is 614. The third-order valence-electron chi connectivity index (χ3n) is 3.71. The molecule has 2 N–H and O–H groups in total. The third kappa shape index (κ3) is 2.24. The summed E-state index contributed by atoms with van der Waals surface area (Å²) in [6.07, 6.45) is 0. The maximum Gasteiger partial charge on any atom is 0.256 e. The van der Waals surface area contributed by atoms with Crippen LogP contribution in [0.15, 0.2) is 24.3 Å². The number of nitrogens with one attached hydrogen (secondary N) is 1. The zero-order valence-electron chi connectivity index (χ0n) is 11.8. The van der Waals surface area contributed by atoms with Crippen LogP contribution in [0.3, 0.4) is 0 Å². The number of benzene rings is 1. The van der Waals surface area contributed by atoms with Crippen molar-refractivity contribution in [3.8, 4) is 0 Å². The molecule has 0 aliphatic rings. The summed E-state index contributed by atoms with van der Waals surface area (Å²) in [5.41, 5.74) is 1.91. The van der Waals surface area contributed by atoms with Crippen LogP contribution in [0.1, 0.15) is 29.9 Å². The fourth-order valence-electron chi connectivity index (χ4n) is 2.10. The van der Waals surface area contributed by atoms with E-state index in [0.717, 1.165) is 16.6 Å². The average Bonchev–Trinajstić information content (AvgIpc) is 2.72. The highest BCUT2D eigenvalue weighted by Gasteiger charge is 2.29. The summed E-state index contributed by atoms with van der Waals surface area (Å²) in [5.74, 6) is -0.0750. The summed E-state index contributed by atoms with van der Waals surface area (Å²) in [6.45, 7) is 5.51. The second kappa shape index (κ2) is 4.70. The Morgan fingerprint density at radius 1 is 1.37 bits per heavy atom. The number of nitrogens with zero attached hydrogens (tertiary/aromatic N) is 1. The number of aliphatic hydroxyl groups excluding tert-OH is 1. The Labute approximate surface area is 113 Å². The van der Waals surface area contributed by atoms with Gasteiger partial charge in [0.05, 0.1) is 17.7 Å². The van der Waals surface area contributed by atoms with Gasteiger partial charge < -0.3 is 15.0 Å². The van der Waals surface area contributed by atoms with Crippen LogP contribution in [-0.2, 0) is 0 Å². The van der Waals surface area contributed by atoms with Crippen molar-refractivity contribution in [3.63, 3.8) is 0 Å². The first-order valence-electron chi connectivity index (χ1n) is 6.35. The zero-order chi connectivity index (χ0) is 14.2. The van der Waals surface area contributed by atoms with Gasteiger partial charge in [-0.2, -0.15) is 0 Å². The largest absolute Gasteiger partial charge is 0.394 e. The number of aromatic nitrogens is 1. The lowest BCUT2D eigenvalue weighted by atomic mass is 10.0. The average molecular weight is 260 g/mol. The molecule has 0 aliphatic heterocycles. The molecule has 0 saturated carbocycles. The number of aryl methyl sites for hydroxylation is 1. The Morgan fingerprint density at radius 3 is 2.63 bits per heavy atom. The minimum Gasteiger partial charge on any atom is -0.394 e. The van der Waals surface area contributed by atoms with Crippen LogP contribution in [0, 0.1) is 6.92 Å². The van der Waals surface area contributed by atoms with Crippen LogP contribution in [0.4, 0.5) is 0 Å². The number of aliphatic hydroxyl groups is 1. The van der Waals surface area contributed by atoms with E-state index in [9.17, 15) is 9.90 Å². The number of likely N-dealkylation sites (N-methyl/N-ethyl adjacent to an activating group) is 1. The standard InChI is InChI=1S/C15H20N2O2/c1-10-13(11-7-5-6-8-12(11)16-10)14(19)17(4)15(2,3)9-18/h5-8,16,18H,9H2,1-4H3. The van der Waals surface area contributed by atoms with Gasteiger partial charge in [-0.15, -0.1) is 0 Å². The van der Waals surface area contributed by atoms with E-state index in [-0.39, 0.29) is 12.5 Å². The van der Waals surface area contributed by atoms with E-state index in [0.29, 0.717) is 5.56 Å². The smallest absolute Gasteiger partial charge is 0.256 e. The van der Waals surface area contributed by atoms with E-state index in [1.54, 1.807) is 11.9 Å². The van der Waals surface area contributed by atoms with Crippen molar-refractivity contribution in [1.29, 1.82) is 0 Å². The van der Waals surface area contributed by atoms with Crippen LogP contribution < -0.4 is 0 Å². The van der Waals surface area contributed by atoms with E-state index in [1.165, 1.54) is 0 Å². The number of fused-ring (bicyclic) bond motifs is 1. The second-order valence-corrected chi connectivity index (χ2v) is 5.51. The van der Waals surface area contributed by atoms with Gasteiger partial charge in [0.15, 0.2) is 0 Å². The summed E-state index contributed by atoms with van der Waals surface area (Å²) in [7, 11) is 1.72. The highest BCUT2D eigenvalue weighted by atomic mass is 16.3. The molecule has 0 atom stereocenters. The molecule has 1 aromatic carbocycles. The van der Waals surface area contributed by atoms with E-state index in [2.05, 4.69) is 4.98 Å². The van der Waals surface area contributed by atoms with Crippen molar-refractivity contribution in [3.05, 3.63) is 35.5 Å². The maximum atomic E-state index is 12.6. The number of rotatable bonds is 3. The number of hydrogen-bond acceptors (Lipinski definition) is 2. The van der Waals surface area contributed by atoms with Crippen LogP contribution in [0.5, 0.6) is 0 Å². The minimum absolute atomic E-state index is 0.0728. The molecule has 1 amide bonds. The van der Waals surface area contributed by atoms with Crippen LogP contribution in [0.25, 0.3) is 10.9 Å². The third-order valence-corrected chi connectivity index (χ3v) is 3.71. The molecule has 2 aromatic rings. The molecule has 0 saturated heterocycles. The molecule has 4 heteroatoms. The fraction of sp³-hybridized carbons (Fsp3) is 0.400. The van der Waals surface area contributed by atoms with Crippen molar-refractivity contribution in [2.24, 2.45) is 0 Å². The van der Waals surface area contributed by atoms with E-state index < -0.39 is 5.54 Å². The van der Waals surface area contributed by atoms with Gasteiger partial charge >= 0.3 is 0 Å². The van der Waals surface area contributed by atoms with Gasteiger partial charge in [0.25, 0.3) is 5.91 Å². The van der Waals surface area contributed by atoms with Crippen molar-refractivity contribution in [2.45, 2.75) is 26.3 Å². The van der Waals surface area contributed by atoms with E-state index >= 15 is 0 Å². The molecule has 4 nitrogen and oxygen atoms in total. The molecule has 19 heavy (non-hydrogen) atoms. The van der Waals surface area contributed by atoms with Crippen molar-refractivity contribution in [1.82, 2.24) is 9.88 Å². The lowest BCUT2D eigenvalue weighted by molar-refractivity contribution is 0.0474. The molecule has 0 spiro atoms. The van der Waals surface area contributed by atoms with Gasteiger partial charge in [0, 0.05) is 23.6 Å². The van der Waals surface area contributed by atoms with Crippen molar-refractivity contribution in [2.75, 3.05) is 13.7 Å². The van der Waals surface area contributed by atoms with Gasteiger partial charge in [-0.25, -0.2) is 0 Å². The number of carbonyl (C=O) groups excluding carboxylic acids is 1. The molecule has 1 heterocycles. The maximum absolute atomic E-state index is 12.6. The second-order valence-electron chi connectivity index (χ2n) is 5.51. The number of aromatic amines is 1. The number of amides is 1. The zero-order valence-corrected chi connectivity index (χ0v) is 11.8. The molecule has 0 aliphatic carbocycles. The van der Waals surface area contributed by atoms with Gasteiger partial charge in [-0.3, -0.25) is 4.79 Å². The summed E-state index contributed by atoms with van der Waals surface area (Å²) >= 11 is 0. The molecular weight excluding hydrogens is 240 g/mol. The van der Waals surface area contributed by atoms with Crippen molar-refractivity contribution < 1.29 is 9.90 Å². The Kier molecular flexibility index (Phi) is 3.37. The molecule has 0 radical (unpaired) electrons. The molecule has 0 unspecified atom stereocenters. The number of H-pyrrole nitrogens is 1.